The lowest BCUT2D eigenvalue weighted by Crippen LogP contribution is -2.40. The first-order chi connectivity index (χ1) is 19.9. The first-order valence-corrected chi connectivity index (χ1v) is 17.1. The molecule has 0 aromatic rings. The summed E-state index contributed by atoms with van der Waals surface area (Å²) in [7, 11) is 0. The van der Waals surface area contributed by atoms with E-state index in [2.05, 4.69) is 61.3 Å². The van der Waals surface area contributed by atoms with Gasteiger partial charge in [-0.05, 0) is 87.0 Å². The number of carbonyl (C=O) groups is 3. The molecule has 0 bridgehead atoms. The largest absolute Gasteiger partial charge is 0.493 e. The maximum Gasteiger partial charge on any atom is 0.158 e. The number of hydrogen-bond acceptors (Lipinski definition) is 4. The van der Waals surface area contributed by atoms with Crippen molar-refractivity contribution < 1.29 is 19.1 Å². The minimum atomic E-state index is -0.379. The molecular formula is C39H64O4. The van der Waals surface area contributed by atoms with Gasteiger partial charge < -0.3 is 4.74 Å². The molecule has 0 saturated heterocycles. The molecule has 0 heterocycles. The van der Waals surface area contributed by atoms with E-state index in [4.69, 9.17) is 4.74 Å². The van der Waals surface area contributed by atoms with E-state index in [0.717, 1.165) is 44.9 Å². The third-order valence-corrected chi connectivity index (χ3v) is 10.2. The van der Waals surface area contributed by atoms with Crippen LogP contribution in [0.5, 0.6) is 0 Å². The summed E-state index contributed by atoms with van der Waals surface area (Å²) in [5.41, 5.74) is -0.00147. The molecule has 43 heavy (non-hydrogen) atoms. The predicted octanol–water partition coefficient (Wildman–Crippen LogP) is 10.3. The van der Waals surface area contributed by atoms with Crippen molar-refractivity contribution in [1.29, 1.82) is 0 Å². The average molecular weight is 597 g/mol. The second-order valence-electron chi connectivity index (χ2n) is 16.3. The topological polar surface area (TPSA) is 60.4 Å². The molecule has 4 heteroatoms. The zero-order valence-electron chi connectivity index (χ0n) is 29.3. The minimum Gasteiger partial charge on any atom is -0.493 e. The summed E-state index contributed by atoms with van der Waals surface area (Å²) < 4.78 is 6.05. The Bertz CT molecular complexity index is 1020. The fraction of sp³-hybridized carbons (Fsp3) is 0.769. The average Bonchev–Trinajstić information content (AvgIpc) is 3.21. The smallest absolute Gasteiger partial charge is 0.158 e. The molecule has 0 spiro atoms. The molecule has 0 amide bonds. The standard InChI is InChI=1S/C39H64O4/c1-13-15-17-18-20-22-32(40)27(4)28(21-19-16-14-2)24-33(41)34-29(25-30-35(34)39(30,11)12)36(42)31(37(5,6)7)23-26(3)43-38(8,9)10/h14,28-31,34-35H,2-4,13,15-25H2,1,5-12H3/t28?,29?,30?,31-,34?,35?/m1/s1. The molecule has 2 aliphatic rings. The van der Waals surface area contributed by atoms with E-state index in [1.165, 1.54) is 12.8 Å². The highest BCUT2D eigenvalue weighted by Gasteiger charge is 2.69. The molecule has 0 radical (unpaired) electrons. The highest BCUT2D eigenvalue weighted by atomic mass is 16.5. The van der Waals surface area contributed by atoms with Crippen LogP contribution in [0.3, 0.4) is 0 Å². The third kappa shape index (κ3) is 10.3. The number of hydrogen-bond donors (Lipinski definition) is 0. The molecule has 0 aromatic carbocycles. The molecule has 0 aliphatic heterocycles. The Morgan fingerprint density at radius 2 is 1.58 bits per heavy atom. The number of ketones is 3. The number of Topliss-reactive ketones (excluding diaryl/α,β-unsaturated/α-hetero) is 3. The molecule has 2 saturated carbocycles. The number of rotatable bonds is 20. The van der Waals surface area contributed by atoms with Crippen LogP contribution in [0.2, 0.25) is 0 Å². The Kier molecular flexibility index (Phi) is 13.3. The molecule has 5 unspecified atom stereocenters. The van der Waals surface area contributed by atoms with Crippen molar-refractivity contribution in [3.05, 3.63) is 37.1 Å². The van der Waals surface area contributed by atoms with Crippen LogP contribution in [0, 0.1) is 46.3 Å². The Labute approximate surface area is 264 Å². The van der Waals surface area contributed by atoms with Crippen molar-refractivity contribution in [2.24, 2.45) is 46.3 Å². The quantitative estimate of drug-likeness (QED) is 0.0607. The predicted molar refractivity (Wildman–Crippen MR) is 180 cm³/mol. The van der Waals surface area contributed by atoms with E-state index in [9.17, 15) is 14.4 Å². The van der Waals surface area contributed by atoms with Crippen LogP contribution in [0.25, 0.3) is 0 Å². The summed E-state index contributed by atoms with van der Waals surface area (Å²) in [4.78, 5) is 41.9. The lowest BCUT2D eigenvalue weighted by Gasteiger charge is -2.36. The highest BCUT2D eigenvalue weighted by molar-refractivity contribution is 5.97. The Balaban J connectivity index is 2.26. The van der Waals surface area contributed by atoms with Crippen LogP contribution >= 0.6 is 0 Å². The Hall–Kier alpha value is -1.97. The normalized spacial score (nSPS) is 24.0. The van der Waals surface area contributed by atoms with Crippen molar-refractivity contribution in [1.82, 2.24) is 0 Å². The molecule has 6 atom stereocenters. The van der Waals surface area contributed by atoms with Gasteiger partial charge in [-0.1, -0.05) is 86.5 Å². The number of unbranched alkanes of at least 4 members (excludes halogenated alkanes) is 5. The first-order valence-electron chi connectivity index (χ1n) is 17.1. The van der Waals surface area contributed by atoms with Crippen molar-refractivity contribution >= 4 is 17.3 Å². The zero-order valence-corrected chi connectivity index (χ0v) is 29.3. The van der Waals surface area contributed by atoms with Gasteiger partial charge in [-0.25, -0.2) is 0 Å². The molecule has 2 rings (SSSR count). The SMILES string of the molecule is C=CCCCC(CC(=O)C1C(C(=O)[C@@H](CC(=C)OC(C)(C)C)C(C)(C)C)CC2C1C2(C)C)C(=C)C(=O)CCCCCCC. The van der Waals surface area contributed by atoms with Gasteiger partial charge in [-0.2, -0.15) is 0 Å². The fourth-order valence-electron chi connectivity index (χ4n) is 7.70. The fourth-order valence-corrected chi connectivity index (χ4v) is 7.70. The number of allylic oxidation sites excluding steroid dienone is 3. The summed E-state index contributed by atoms with van der Waals surface area (Å²) in [5, 5.41) is 0. The summed E-state index contributed by atoms with van der Waals surface area (Å²) in [6.45, 7) is 31.2. The van der Waals surface area contributed by atoms with Crippen molar-refractivity contribution in [2.45, 2.75) is 145 Å². The summed E-state index contributed by atoms with van der Waals surface area (Å²) >= 11 is 0. The maximum absolute atomic E-state index is 14.4. The van der Waals surface area contributed by atoms with Crippen LogP contribution in [0.1, 0.15) is 139 Å². The molecular weight excluding hydrogens is 532 g/mol. The van der Waals surface area contributed by atoms with Crippen LogP contribution in [0.15, 0.2) is 37.1 Å². The van der Waals surface area contributed by atoms with Gasteiger partial charge in [-0.15, -0.1) is 6.58 Å². The van der Waals surface area contributed by atoms with Gasteiger partial charge in [0.25, 0.3) is 0 Å². The second kappa shape index (κ2) is 15.3. The molecule has 0 N–H and O–H groups in total. The lowest BCUT2D eigenvalue weighted by molar-refractivity contribution is -0.138. The van der Waals surface area contributed by atoms with E-state index < -0.39 is 0 Å². The third-order valence-electron chi connectivity index (χ3n) is 10.2. The van der Waals surface area contributed by atoms with Gasteiger partial charge in [0.05, 0.1) is 5.76 Å². The van der Waals surface area contributed by atoms with Crippen molar-refractivity contribution in [2.75, 3.05) is 0 Å². The van der Waals surface area contributed by atoms with Crippen LogP contribution in [-0.2, 0) is 19.1 Å². The van der Waals surface area contributed by atoms with Gasteiger partial charge in [0.2, 0.25) is 0 Å². The second-order valence-corrected chi connectivity index (χ2v) is 16.3. The summed E-state index contributed by atoms with van der Waals surface area (Å²) in [6.07, 6.45) is 11.8. The van der Waals surface area contributed by atoms with E-state index in [1.54, 1.807) is 0 Å². The van der Waals surface area contributed by atoms with E-state index in [1.807, 2.05) is 26.8 Å². The van der Waals surface area contributed by atoms with Gasteiger partial charge in [-0.3, -0.25) is 14.4 Å². The molecule has 2 aliphatic carbocycles. The Morgan fingerprint density at radius 1 is 0.953 bits per heavy atom. The Morgan fingerprint density at radius 3 is 2.14 bits per heavy atom. The first kappa shape index (κ1) is 37.2. The van der Waals surface area contributed by atoms with Gasteiger partial charge >= 0.3 is 0 Å². The molecule has 244 valence electrons. The molecule has 0 aromatic heterocycles. The number of carbonyl (C=O) groups excluding carboxylic acids is 3. The van der Waals surface area contributed by atoms with E-state index in [-0.39, 0.29) is 63.4 Å². The van der Waals surface area contributed by atoms with E-state index in [0.29, 0.717) is 36.5 Å². The van der Waals surface area contributed by atoms with Crippen LogP contribution in [-0.4, -0.2) is 23.0 Å². The number of fused-ring (bicyclic) bond motifs is 1. The summed E-state index contributed by atoms with van der Waals surface area (Å²) in [6, 6.07) is 0. The number of ether oxygens (including phenoxy) is 1. The van der Waals surface area contributed by atoms with Crippen molar-refractivity contribution in [3.63, 3.8) is 0 Å². The maximum atomic E-state index is 14.4. The van der Waals surface area contributed by atoms with Gasteiger partial charge in [0, 0.05) is 37.0 Å². The zero-order chi connectivity index (χ0) is 32.8. The summed E-state index contributed by atoms with van der Waals surface area (Å²) in [5.74, 6) is 0.609. The van der Waals surface area contributed by atoms with Crippen molar-refractivity contribution in [3.8, 4) is 0 Å². The van der Waals surface area contributed by atoms with Crippen LogP contribution in [0.4, 0.5) is 0 Å². The minimum absolute atomic E-state index is 0.0664. The van der Waals surface area contributed by atoms with E-state index >= 15 is 0 Å². The highest BCUT2D eigenvalue weighted by Crippen LogP contribution is 2.71. The monoisotopic (exact) mass is 596 g/mol. The van der Waals surface area contributed by atoms with Crippen LogP contribution < -0.4 is 0 Å². The molecule has 2 fully saturated rings. The van der Waals surface area contributed by atoms with Gasteiger partial charge in [0.1, 0.15) is 17.2 Å². The molecule has 4 nitrogen and oxygen atoms in total. The lowest BCUT2D eigenvalue weighted by atomic mass is 9.68. The van der Waals surface area contributed by atoms with Gasteiger partial charge in [0.15, 0.2) is 5.78 Å².